The van der Waals surface area contributed by atoms with Crippen molar-refractivity contribution in [3.8, 4) is 0 Å². The molecule has 0 atom stereocenters. The molecule has 2 rings (SSSR count). The van der Waals surface area contributed by atoms with E-state index in [9.17, 15) is 0 Å². The van der Waals surface area contributed by atoms with Crippen molar-refractivity contribution in [2.45, 2.75) is 12.8 Å². The van der Waals surface area contributed by atoms with Crippen LogP contribution < -0.4 is 5.32 Å². The van der Waals surface area contributed by atoms with E-state index in [0.29, 0.717) is 0 Å². The van der Waals surface area contributed by atoms with Crippen molar-refractivity contribution in [2.24, 2.45) is 0 Å². The molecule has 1 fully saturated rings. The molecule has 3 nitrogen and oxygen atoms in total. The van der Waals surface area contributed by atoms with E-state index in [4.69, 9.17) is 0 Å². The van der Waals surface area contributed by atoms with Crippen LogP contribution in [0.15, 0.2) is 22.8 Å². The van der Waals surface area contributed by atoms with Gasteiger partial charge in [-0.05, 0) is 54.0 Å². The van der Waals surface area contributed by atoms with Gasteiger partial charge in [0.1, 0.15) is 10.4 Å². The minimum absolute atomic E-state index is 0.883. The lowest BCUT2D eigenvalue weighted by molar-refractivity contribution is 0.352. The van der Waals surface area contributed by atoms with E-state index in [0.717, 1.165) is 23.5 Å². The summed E-state index contributed by atoms with van der Waals surface area (Å²) in [4.78, 5) is 6.82. The maximum atomic E-state index is 4.32. The van der Waals surface area contributed by atoms with Gasteiger partial charge in [-0.2, -0.15) is 0 Å². The monoisotopic (exact) mass is 269 g/mol. The highest BCUT2D eigenvalue weighted by Gasteiger charge is 2.10. The molecule has 15 heavy (non-hydrogen) atoms. The van der Waals surface area contributed by atoms with Gasteiger partial charge >= 0.3 is 0 Å². The molecule has 82 valence electrons. The third-order valence-corrected chi connectivity index (χ3v) is 3.09. The summed E-state index contributed by atoms with van der Waals surface area (Å²) >= 11 is 3.36. The van der Waals surface area contributed by atoms with Crippen LogP contribution in [0.4, 0.5) is 5.82 Å². The maximum absolute atomic E-state index is 4.32. The summed E-state index contributed by atoms with van der Waals surface area (Å²) in [6.07, 6.45) is 2.71. The summed E-state index contributed by atoms with van der Waals surface area (Å²) in [5.41, 5.74) is 0. The number of rotatable bonds is 4. The van der Waals surface area contributed by atoms with Gasteiger partial charge in [0.05, 0.1) is 0 Å². The topological polar surface area (TPSA) is 28.2 Å². The Morgan fingerprint density at radius 1 is 1.33 bits per heavy atom. The van der Waals surface area contributed by atoms with E-state index < -0.39 is 0 Å². The van der Waals surface area contributed by atoms with Gasteiger partial charge in [-0.3, -0.25) is 0 Å². The first-order valence-electron chi connectivity index (χ1n) is 5.43. The van der Waals surface area contributed by atoms with Crippen LogP contribution in [0, 0.1) is 0 Å². The van der Waals surface area contributed by atoms with Crippen LogP contribution in [-0.2, 0) is 0 Å². The lowest BCUT2D eigenvalue weighted by Gasteiger charge is -2.14. The number of anilines is 1. The molecule has 0 aromatic carbocycles. The molecule has 2 heterocycles. The summed E-state index contributed by atoms with van der Waals surface area (Å²) in [6, 6.07) is 5.93. The minimum atomic E-state index is 0.883. The summed E-state index contributed by atoms with van der Waals surface area (Å²) < 4.78 is 0.883. The van der Waals surface area contributed by atoms with E-state index >= 15 is 0 Å². The Labute approximate surface area is 99.0 Å². The quantitative estimate of drug-likeness (QED) is 0.851. The van der Waals surface area contributed by atoms with Crippen LogP contribution in [0.1, 0.15) is 12.8 Å². The molecule has 0 amide bonds. The second-order valence-electron chi connectivity index (χ2n) is 3.82. The number of halogens is 1. The first kappa shape index (κ1) is 10.9. The molecule has 4 heteroatoms. The average molecular weight is 270 g/mol. The molecule has 0 saturated carbocycles. The van der Waals surface area contributed by atoms with Gasteiger partial charge in [-0.25, -0.2) is 4.98 Å². The van der Waals surface area contributed by atoms with Gasteiger partial charge in [-0.15, -0.1) is 0 Å². The van der Waals surface area contributed by atoms with Gasteiger partial charge in [0.2, 0.25) is 0 Å². The fourth-order valence-electron chi connectivity index (χ4n) is 1.86. The van der Waals surface area contributed by atoms with Crippen molar-refractivity contribution in [3.05, 3.63) is 22.8 Å². The zero-order chi connectivity index (χ0) is 10.5. The van der Waals surface area contributed by atoms with E-state index in [1.807, 2.05) is 18.2 Å². The van der Waals surface area contributed by atoms with Gasteiger partial charge in [0.25, 0.3) is 0 Å². The Balaban J connectivity index is 1.73. The van der Waals surface area contributed by atoms with E-state index in [1.54, 1.807) is 0 Å². The highest BCUT2D eigenvalue weighted by atomic mass is 79.9. The molecule has 0 unspecified atom stereocenters. The number of hydrogen-bond acceptors (Lipinski definition) is 3. The Bertz CT molecular complexity index is 310. The third kappa shape index (κ3) is 3.47. The molecule has 1 aliphatic heterocycles. The van der Waals surface area contributed by atoms with Gasteiger partial charge < -0.3 is 10.2 Å². The zero-order valence-corrected chi connectivity index (χ0v) is 10.3. The molecular weight excluding hydrogens is 254 g/mol. The Morgan fingerprint density at radius 3 is 2.87 bits per heavy atom. The van der Waals surface area contributed by atoms with Crippen LogP contribution in [-0.4, -0.2) is 36.1 Å². The minimum Gasteiger partial charge on any atom is -0.369 e. The summed E-state index contributed by atoms with van der Waals surface area (Å²) in [5.74, 6) is 0.948. The highest BCUT2D eigenvalue weighted by Crippen LogP contribution is 2.10. The fraction of sp³-hybridized carbons (Fsp3) is 0.545. The van der Waals surface area contributed by atoms with Crippen LogP contribution >= 0.6 is 15.9 Å². The highest BCUT2D eigenvalue weighted by molar-refractivity contribution is 9.10. The first-order valence-corrected chi connectivity index (χ1v) is 6.23. The second-order valence-corrected chi connectivity index (χ2v) is 4.63. The Morgan fingerprint density at radius 2 is 2.13 bits per heavy atom. The summed E-state index contributed by atoms with van der Waals surface area (Å²) in [5, 5.41) is 3.33. The van der Waals surface area contributed by atoms with Crippen LogP contribution in [0.5, 0.6) is 0 Å². The van der Waals surface area contributed by atoms with Crippen molar-refractivity contribution in [1.82, 2.24) is 9.88 Å². The van der Waals surface area contributed by atoms with E-state index in [1.165, 1.54) is 25.9 Å². The second kappa shape index (κ2) is 5.47. The molecule has 1 N–H and O–H groups in total. The van der Waals surface area contributed by atoms with Crippen LogP contribution in [0.2, 0.25) is 0 Å². The molecule has 0 radical (unpaired) electrons. The third-order valence-electron chi connectivity index (χ3n) is 2.65. The predicted octanol–water partition coefficient (Wildman–Crippen LogP) is 2.35. The Kier molecular flexibility index (Phi) is 3.97. The number of pyridine rings is 1. The first-order chi connectivity index (χ1) is 7.34. The standard InChI is InChI=1S/C11H16BrN3/c12-10-4-3-5-11(14-10)13-6-9-15-7-1-2-8-15/h3-5H,1-2,6-9H2,(H,13,14). The molecular formula is C11H16BrN3. The van der Waals surface area contributed by atoms with Crippen molar-refractivity contribution < 1.29 is 0 Å². The van der Waals surface area contributed by atoms with Gasteiger partial charge in [0.15, 0.2) is 0 Å². The number of hydrogen-bond donors (Lipinski definition) is 1. The van der Waals surface area contributed by atoms with E-state index in [2.05, 4.69) is 31.1 Å². The van der Waals surface area contributed by atoms with Crippen LogP contribution in [0.3, 0.4) is 0 Å². The normalized spacial score (nSPS) is 16.9. The molecule has 0 bridgehead atoms. The average Bonchev–Trinajstić information content (AvgIpc) is 2.71. The maximum Gasteiger partial charge on any atom is 0.127 e. The molecule has 1 aliphatic rings. The predicted molar refractivity (Wildman–Crippen MR) is 66.1 cm³/mol. The summed E-state index contributed by atoms with van der Waals surface area (Å²) in [7, 11) is 0. The van der Waals surface area contributed by atoms with Gasteiger partial charge in [-0.1, -0.05) is 6.07 Å². The fourth-order valence-corrected chi connectivity index (χ4v) is 2.20. The van der Waals surface area contributed by atoms with Crippen molar-refractivity contribution >= 4 is 21.7 Å². The van der Waals surface area contributed by atoms with Gasteiger partial charge in [0, 0.05) is 13.1 Å². The Hall–Kier alpha value is -0.610. The number of aromatic nitrogens is 1. The molecule has 1 aromatic rings. The molecule has 0 aliphatic carbocycles. The van der Waals surface area contributed by atoms with E-state index in [-0.39, 0.29) is 0 Å². The smallest absolute Gasteiger partial charge is 0.127 e. The largest absolute Gasteiger partial charge is 0.369 e. The zero-order valence-electron chi connectivity index (χ0n) is 8.75. The lowest BCUT2D eigenvalue weighted by Crippen LogP contribution is -2.26. The molecule has 1 saturated heterocycles. The SMILES string of the molecule is Brc1cccc(NCCN2CCCC2)n1. The lowest BCUT2D eigenvalue weighted by atomic mass is 10.4. The van der Waals surface area contributed by atoms with Crippen molar-refractivity contribution in [2.75, 3.05) is 31.5 Å². The number of nitrogens with one attached hydrogen (secondary N) is 1. The molecule has 1 aromatic heterocycles. The number of likely N-dealkylation sites (tertiary alicyclic amines) is 1. The van der Waals surface area contributed by atoms with Crippen molar-refractivity contribution in [1.29, 1.82) is 0 Å². The van der Waals surface area contributed by atoms with Crippen molar-refractivity contribution in [3.63, 3.8) is 0 Å². The molecule has 0 spiro atoms. The number of nitrogens with zero attached hydrogens (tertiary/aromatic N) is 2. The summed E-state index contributed by atoms with van der Waals surface area (Å²) in [6.45, 7) is 4.61. The van der Waals surface area contributed by atoms with Crippen LogP contribution in [0.25, 0.3) is 0 Å².